The van der Waals surface area contributed by atoms with Crippen LogP contribution in [0.15, 0.2) is 78.9 Å². The third kappa shape index (κ3) is 10.5. The van der Waals surface area contributed by atoms with Gasteiger partial charge in [0.2, 0.25) is 10.0 Å². The first kappa shape index (κ1) is 30.5. The summed E-state index contributed by atoms with van der Waals surface area (Å²) in [6.07, 6.45) is 4.74. The van der Waals surface area contributed by atoms with Gasteiger partial charge in [-0.2, -0.15) is 0 Å². The Labute approximate surface area is 243 Å². The number of amides is 1. The Balaban J connectivity index is 1.19. The molecule has 0 aliphatic carbocycles. The van der Waals surface area contributed by atoms with E-state index in [9.17, 15) is 13.2 Å². The third-order valence-corrected chi connectivity index (χ3v) is 7.50. The number of hydroxylamine groups is 1. The third-order valence-electron chi connectivity index (χ3n) is 6.90. The van der Waals surface area contributed by atoms with Gasteiger partial charge in [0.05, 0.1) is 18.9 Å². The summed E-state index contributed by atoms with van der Waals surface area (Å²) in [5.74, 6) is 1.23. The molecule has 1 atom stereocenters. The number of rotatable bonds is 14. The maximum Gasteiger partial charge on any atom is 0.260 e. The van der Waals surface area contributed by atoms with Crippen LogP contribution >= 0.6 is 0 Å². The summed E-state index contributed by atoms with van der Waals surface area (Å²) in [5.41, 5.74) is 5.34. The molecule has 3 N–H and O–H groups in total. The lowest BCUT2D eigenvalue weighted by molar-refractivity contribution is -0.137. The number of carbonyl (C=O) groups excluding carboxylic acids is 1. The molecule has 41 heavy (non-hydrogen) atoms. The van der Waals surface area contributed by atoms with Crippen molar-refractivity contribution in [2.45, 2.75) is 57.8 Å². The van der Waals surface area contributed by atoms with Crippen LogP contribution in [0.2, 0.25) is 0 Å². The van der Waals surface area contributed by atoms with Crippen molar-refractivity contribution in [1.82, 2.24) is 15.7 Å². The summed E-state index contributed by atoms with van der Waals surface area (Å²) in [6.45, 7) is 5.18. The average Bonchev–Trinajstić information content (AvgIpc) is 2.96. The number of likely N-dealkylation sites (tertiary alicyclic amines) is 1. The Kier molecular flexibility index (Phi) is 11.1. The molecule has 220 valence electrons. The van der Waals surface area contributed by atoms with Gasteiger partial charge in [-0.15, -0.1) is 0 Å². The first-order valence-electron chi connectivity index (χ1n) is 14.1. The smallest absolute Gasteiger partial charge is 0.260 e. The summed E-state index contributed by atoms with van der Waals surface area (Å²) in [4.78, 5) is 20.7. The fourth-order valence-corrected chi connectivity index (χ4v) is 5.38. The summed E-state index contributed by atoms with van der Waals surface area (Å²) in [6, 6.07) is 24.6. The van der Waals surface area contributed by atoms with Crippen molar-refractivity contribution in [2.75, 3.05) is 24.1 Å². The van der Waals surface area contributed by atoms with Crippen molar-refractivity contribution < 1.29 is 22.8 Å². The van der Waals surface area contributed by atoms with Gasteiger partial charge in [0.25, 0.3) is 5.91 Å². The first-order valence-corrected chi connectivity index (χ1v) is 15.9. The molecule has 1 heterocycles. The van der Waals surface area contributed by atoms with Gasteiger partial charge in [-0.05, 0) is 79.9 Å². The molecule has 1 amide bonds. The average molecular weight is 581 g/mol. The minimum atomic E-state index is -3.31. The zero-order valence-electron chi connectivity index (χ0n) is 23.7. The second kappa shape index (κ2) is 15.0. The molecular formula is C31H40N4O5S. The molecule has 1 aliphatic rings. The second-order valence-corrected chi connectivity index (χ2v) is 12.2. The second-order valence-electron chi connectivity index (χ2n) is 10.4. The Morgan fingerprint density at radius 3 is 2.17 bits per heavy atom. The molecule has 9 nitrogen and oxygen atoms in total. The van der Waals surface area contributed by atoms with E-state index in [1.807, 2.05) is 42.5 Å². The van der Waals surface area contributed by atoms with E-state index < -0.39 is 10.0 Å². The molecule has 1 saturated heterocycles. The Bertz CT molecular complexity index is 1330. The molecule has 3 aromatic rings. The molecule has 0 aromatic heterocycles. The van der Waals surface area contributed by atoms with Crippen LogP contribution in [0.3, 0.4) is 0 Å². The Morgan fingerprint density at radius 2 is 1.56 bits per heavy atom. The van der Waals surface area contributed by atoms with Gasteiger partial charge in [0, 0.05) is 18.3 Å². The number of carbonyl (C=O) groups is 1. The van der Waals surface area contributed by atoms with Crippen molar-refractivity contribution in [3.05, 3.63) is 90.0 Å². The van der Waals surface area contributed by atoms with E-state index >= 15 is 0 Å². The minimum Gasteiger partial charge on any atom is -0.457 e. The van der Waals surface area contributed by atoms with Gasteiger partial charge in [-0.3, -0.25) is 19.3 Å². The van der Waals surface area contributed by atoms with Gasteiger partial charge < -0.3 is 10.1 Å². The highest BCUT2D eigenvalue weighted by Crippen LogP contribution is 2.24. The highest BCUT2D eigenvalue weighted by molar-refractivity contribution is 7.92. The number of hydrogen-bond acceptors (Lipinski definition) is 7. The van der Waals surface area contributed by atoms with Crippen molar-refractivity contribution in [2.24, 2.45) is 0 Å². The van der Waals surface area contributed by atoms with Gasteiger partial charge in [-0.1, -0.05) is 55.8 Å². The maximum absolute atomic E-state index is 12.8. The SMILES string of the molecule is CCCC(NC1CCN(Cc2ccc(Oc3ccc(NS(C)(=O)=O)cc3)cc2)CC1)C(=O)NOCc1ccccc1. The number of piperidine rings is 1. The molecule has 0 radical (unpaired) electrons. The maximum atomic E-state index is 12.8. The van der Waals surface area contributed by atoms with E-state index in [0.717, 1.165) is 57.1 Å². The summed E-state index contributed by atoms with van der Waals surface area (Å²) < 4.78 is 31.1. The zero-order chi connectivity index (χ0) is 29.1. The van der Waals surface area contributed by atoms with Crippen LogP contribution in [-0.4, -0.2) is 50.7 Å². The van der Waals surface area contributed by atoms with Crippen LogP contribution in [-0.2, 0) is 32.8 Å². The number of hydrogen-bond donors (Lipinski definition) is 3. The number of nitrogens with zero attached hydrogens (tertiary/aromatic N) is 1. The summed E-state index contributed by atoms with van der Waals surface area (Å²) in [7, 11) is -3.31. The molecule has 10 heteroatoms. The standard InChI is InChI=1S/C31H40N4O5S/c1-3-7-30(31(36)33-39-23-25-8-5-4-6-9-25)32-26-18-20-35(21-19-26)22-24-10-14-28(15-11-24)40-29-16-12-27(13-17-29)34-41(2,37)38/h4-6,8-17,26,30,32,34H,3,7,18-23H2,1-2H3,(H,33,36). The molecule has 1 fully saturated rings. The molecule has 1 aliphatic heterocycles. The predicted octanol–water partition coefficient (Wildman–Crippen LogP) is 4.82. The summed E-state index contributed by atoms with van der Waals surface area (Å²) >= 11 is 0. The van der Waals surface area contributed by atoms with Crippen molar-refractivity contribution in [1.29, 1.82) is 0 Å². The minimum absolute atomic E-state index is 0.117. The fourth-order valence-electron chi connectivity index (χ4n) is 4.82. The fraction of sp³-hybridized carbons (Fsp3) is 0.387. The number of ether oxygens (including phenoxy) is 1. The van der Waals surface area contributed by atoms with Gasteiger partial charge in [-0.25, -0.2) is 13.9 Å². The number of anilines is 1. The lowest BCUT2D eigenvalue weighted by Gasteiger charge is -2.34. The molecule has 0 bridgehead atoms. The molecule has 3 aromatic carbocycles. The Morgan fingerprint density at radius 1 is 0.927 bits per heavy atom. The van der Waals surface area contributed by atoms with Crippen LogP contribution < -0.4 is 20.3 Å². The lowest BCUT2D eigenvalue weighted by Crippen LogP contribution is -2.51. The summed E-state index contributed by atoms with van der Waals surface area (Å²) in [5, 5.41) is 3.57. The number of nitrogens with one attached hydrogen (secondary N) is 3. The van der Waals surface area contributed by atoms with E-state index in [4.69, 9.17) is 9.57 Å². The van der Waals surface area contributed by atoms with Gasteiger partial charge in [0.15, 0.2) is 0 Å². The molecule has 4 rings (SSSR count). The van der Waals surface area contributed by atoms with E-state index in [0.29, 0.717) is 23.8 Å². The van der Waals surface area contributed by atoms with E-state index in [1.54, 1.807) is 24.3 Å². The first-order chi connectivity index (χ1) is 19.8. The lowest BCUT2D eigenvalue weighted by atomic mass is 10.0. The van der Waals surface area contributed by atoms with E-state index in [-0.39, 0.29) is 18.0 Å². The highest BCUT2D eigenvalue weighted by Gasteiger charge is 2.25. The molecule has 0 saturated carbocycles. The molecule has 1 unspecified atom stereocenters. The number of sulfonamides is 1. The van der Waals surface area contributed by atoms with Crippen molar-refractivity contribution in [3.63, 3.8) is 0 Å². The zero-order valence-corrected chi connectivity index (χ0v) is 24.5. The molecule has 0 spiro atoms. The van der Waals surface area contributed by atoms with Crippen LogP contribution in [0.4, 0.5) is 5.69 Å². The topological polar surface area (TPSA) is 109 Å². The largest absolute Gasteiger partial charge is 0.457 e. The van der Waals surface area contributed by atoms with Gasteiger partial charge in [0.1, 0.15) is 11.5 Å². The van der Waals surface area contributed by atoms with Crippen LogP contribution in [0.1, 0.15) is 43.7 Å². The van der Waals surface area contributed by atoms with Crippen molar-refractivity contribution >= 4 is 21.6 Å². The highest BCUT2D eigenvalue weighted by atomic mass is 32.2. The predicted molar refractivity (Wildman–Crippen MR) is 161 cm³/mol. The van der Waals surface area contributed by atoms with E-state index in [2.05, 4.69) is 39.5 Å². The van der Waals surface area contributed by atoms with Crippen LogP contribution in [0, 0.1) is 0 Å². The number of benzene rings is 3. The normalized spacial score (nSPS) is 15.3. The molecular weight excluding hydrogens is 540 g/mol. The Hall–Kier alpha value is -3.44. The van der Waals surface area contributed by atoms with Crippen LogP contribution in [0.25, 0.3) is 0 Å². The monoisotopic (exact) mass is 580 g/mol. The van der Waals surface area contributed by atoms with Crippen LogP contribution in [0.5, 0.6) is 11.5 Å². The van der Waals surface area contributed by atoms with Gasteiger partial charge >= 0.3 is 0 Å². The van der Waals surface area contributed by atoms with Crippen molar-refractivity contribution in [3.8, 4) is 11.5 Å². The van der Waals surface area contributed by atoms with E-state index in [1.165, 1.54) is 5.56 Å². The quantitative estimate of drug-likeness (QED) is 0.235.